The molecule has 0 amide bonds. The molecule has 0 bridgehead atoms. The molecule has 0 atom stereocenters. The van der Waals surface area contributed by atoms with Gasteiger partial charge in [0.25, 0.3) is 0 Å². The molecule has 0 aliphatic heterocycles. The maximum absolute atomic E-state index is 5.22. The van der Waals surface area contributed by atoms with Crippen LogP contribution in [0.5, 0.6) is 0 Å². The monoisotopic (exact) mass is 187 g/mol. The molecule has 0 aromatic carbocycles. The van der Waals surface area contributed by atoms with Gasteiger partial charge in [-0.15, -0.1) is 0 Å². The van der Waals surface area contributed by atoms with Crippen molar-refractivity contribution in [2.45, 2.75) is 20.8 Å². The standard InChI is InChI=1S/C6H16O3Si.Na/c1-4-7-10(8-5-2)9-6-3;/h10H,4-6H2,1-3H3;. The Labute approximate surface area is 92.7 Å². The van der Waals surface area contributed by atoms with Crippen molar-refractivity contribution in [3.63, 3.8) is 0 Å². The van der Waals surface area contributed by atoms with Gasteiger partial charge in [-0.1, -0.05) is 0 Å². The van der Waals surface area contributed by atoms with Gasteiger partial charge in [0.1, 0.15) is 0 Å². The fraction of sp³-hybridized carbons (Fsp3) is 1.00. The van der Waals surface area contributed by atoms with E-state index in [1.54, 1.807) is 0 Å². The maximum atomic E-state index is 5.22. The molecule has 0 fully saturated rings. The van der Waals surface area contributed by atoms with Crippen molar-refractivity contribution in [1.29, 1.82) is 0 Å². The summed E-state index contributed by atoms with van der Waals surface area (Å²) >= 11 is 0. The van der Waals surface area contributed by atoms with Crippen LogP contribution in [0.1, 0.15) is 20.8 Å². The maximum Gasteiger partial charge on any atom is 0.484 e. The van der Waals surface area contributed by atoms with Crippen LogP contribution in [0.3, 0.4) is 0 Å². The third-order valence-electron chi connectivity index (χ3n) is 0.908. The zero-order chi connectivity index (χ0) is 7.82. The summed E-state index contributed by atoms with van der Waals surface area (Å²) in [5.41, 5.74) is 0. The van der Waals surface area contributed by atoms with E-state index < -0.39 is 9.53 Å². The average Bonchev–Trinajstić information content (AvgIpc) is 1.90. The first-order chi connectivity index (χ1) is 4.85. The van der Waals surface area contributed by atoms with Crippen LogP contribution in [0.2, 0.25) is 0 Å². The summed E-state index contributed by atoms with van der Waals surface area (Å²) < 4.78 is 15.7. The fourth-order valence-electron chi connectivity index (χ4n) is 0.553. The molecule has 0 heterocycles. The molecule has 0 rings (SSSR count). The van der Waals surface area contributed by atoms with Gasteiger partial charge in [0.2, 0.25) is 0 Å². The van der Waals surface area contributed by atoms with E-state index in [0.29, 0.717) is 19.8 Å². The molecule has 63 valence electrons. The molecule has 3 nitrogen and oxygen atoms in total. The Hall–Kier alpha value is 1.10. The molecule has 0 aromatic heterocycles. The van der Waals surface area contributed by atoms with E-state index in [0.717, 1.165) is 0 Å². The second kappa shape index (κ2) is 11.1. The van der Waals surface area contributed by atoms with Crippen molar-refractivity contribution >= 4 is 39.1 Å². The molecule has 0 aliphatic carbocycles. The largest absolute Gasteiger partial charge is 0.484 e. The summed E-state index contributed by atoms with van der Waals surface area (Å²) in [5, 5.41) is 0. The predicted molar refractivity (Wildman–Crippen MR) is 47.8 cm³/mol. The van der Waals surface area contributed by atoms with Crippen LogP contribution in [0, 0.1) is 0 Å². The van der Waals surface area contributed by atoms with Gasteiger partial charge in [0.05, 0.1) is 0 Å². The molecule has 5 heteroatoms. The van der Waals surface area contributed by atoms with Gasteiger partial charge < -0.3 is 13.3 Å². The molecule has 0 saturated heterocycles. The molecule has 11 heavy (non-hydrogen) atoms. The summed E-state index contributed by atoms with van der Waals surface area (Å²) in [4.78, 5) is 0. The van der Waals surface area contributed by atoms with E-state index in [4.69, 9.17) is 13.3 Å². The first-order valence-electron chi connectivity index (χ1n) is 3.69. The third-order valence-corrected chi connectivity index (χ3v) is 2.72. The molecular formula is C6H16NaO3Si. The van der Waals surface area contributed by atoms with Gasteiger partial charge >= 0.3 is 9.53 Å². The Kier molecular flexibility index (Phi) is 14.7. The van der Waals surface area contributed by atoms with Crippen LogP contribution in [0.25, 0.3) is 0 Å². The zero-order valence-corrected chi connectivity index (χ0v) is 11.1. The van der Waals surface area contributed by atoms with Gasteiger partial charge in [0, 0.05) is 49.4 Å². The van der Waals surface area contributed by atoms with Crippen molar-refractivity contribution in [1.82, 2.24) is 0 Å². The minimum absolute atomic E-state index is 0. The van der Waals surface area contributed by atoms with E-state index in [-0.39, 0.29) is 29.6 Å². The summed E-state index contributed by atoms with van der Waals surface area (Å²) in [6, 6.07) is 0. The minimum Gasteiger partial charge on any atom is -0.376 e. The van der Waals surface area contributed by atoms with Crippen LogP contribution in [0.15, 0.2) is 0 Å². The smallest absolute Gasteiger partial charge is 0.376 e. The molecular weight excluding hydrogens is 171 g/mol. The number of rotatable bonds is 6. The summed E-state index contributed by atoms with van der Waals surface area (Å²) in [7, 11) is -1.73. The minimum atomic E-state index is -1.73. The van der Waals surface area contributed by atoms with Crippen molar-refractivity contribution in [3.8, 4) is 0 Å². The van der Waals surface area contributed by atoms with Gasteiger partial charge in [-0.3, -0.25) is 0 Å². The van der Waals surface area contributed by atoms with Crippen LogP contribution < -0.4 is 0 Å². The van der Waals surface area contributed by atoms with Crippen molar-refractivity contribution in [2.24, 2.45) is 0 Å². The van der Waals surface area contributed by atoms with Crippen LogP contribution in [-0.4, -0.2) is 58.9 Å². The second-order valence-corrected chi connectivity index (χ2v) is 3.23. The Bertz CT molecular complexity index is 60.6. The molecule has 0 aromatic rings. The Morgan fingerprint density at radius 1 is 0.818 bits per heavy atom. The van der Waals surface area contributed by atoms with Crippen LogP contribution in [0.4, 0.5) is 0 Å². The first-order valence-corrected chi connectivity index (χ1v) is 5.11. The molecule has 0 N–H and O–H groups in total. The molecule has 0 unspecified atom stereocenters. The van der Waals surface area contributed by atoms with Crippen LogP contribution >= 0.6 is 0 Å². The van der Waals surface area contributed by atoms with E-state index in [2.05, 4.69) is 0 Å². The third kappa shape index (κ3) is 9.01. The van der Waals surface area contributed by atoms with E-state index in [1.165, 1.54) is 0 Å². The van der Waals surface area contributed by atoms with Crippen LogP contribution in [-0.2, 0) is 13.3 Å². The zero-order valence-electron chi connectivity index (χ0n) is 7.92. The fourth-order valence-corrected chi connectivity index (χ4v) is 1.66. The van der Waals surface area contributed by atoms with E-state index in [9.17, 15) is 0 Å². The van der Waals surface area contributed by atoms with Gasteiger partial charge in [-0.05, 0) is 20.8 Å². The van der Waals surface area contributed by atoms with Gasteiger partial charge in [0.15, 0.2) is 0 Å². The Balaban J connectivity index is 0. The number of hydrogen-bond donors (Lipinski definition) is 0. The Morgan fingerprint density at radius 2 is 1.09 bits per heavy atom. The topological polar surface area (TPSA) is 27.7 Å². The molecule has 0 saturated carbocycles. The summed E-state index contributed by atoms with van der Waals surface area (Å²) in [5.74, 6) is 0. The van der Waals surface area contributed by atoms with E-state index >= 15 is 0 Å². The number of hydrogen-bond acceptors (Lipinski definition) is 3. The molecule has 0 aliphatic rings. The average molecular weight is 187 g/mol. The summed E-state index contributed by atoms with van der Waals surface area (Å²) in [6.07, 6.45) is 0. The van der Waals surface area contributed by atoms with Crippen molar-refractivity contribution < 1.29 is 13.3 Å². The predicted octanol–water partition coefficient (Wildman–Crippen LogP) is 0.432. The van der Waals surface area contributed by atoms with Gasteiger partial charge in [-0.25, -0.2) is 0 Å². The first kappa shape index (κ1) is 14.6. The Morgan fingerprint density at radius 3 is 1.27 bits per heavy atom. The second-order valence-electron chi connectivity index (χ2n) is 1.65. The SMILES string of the molecule is CCO[SiH](OCC)OCC.[Na]. The van der Waals surface area contributed by atoms with Crippen molar-refractivity contribution in [2.75, 3.05) is 19.8 Å². The van der Waals surface area contributed by atoms with Gasteiger partial charge in [-0.2, -0.15) is 0 Å². The van der Waals surface area contributed by atoms with E-state index in [1.807, 2.05) is 20.8 Å². The normalized spacial score (nSPS) is 9.82. The molecule has 0 spiro atoms. The molecule has 1 radical (unpaired) electrons. The van der Waals surface area contributed by atoms with Crippen molar-refractivity contribution in [3.05, 3.63) is 0 Å². The summed E-state index contributed by atoms with van der Waals surface area (Å²) in [6.45, 7) is 7.86. The quantitative estimate of drug-likeness (QED) is 0.564.